The number of hydrogen-bond donors (Lipinski definition) is 4. The molecule has 150 valence electrons. The lowest BCUT2D eigenvalue weighted by atomic mass is 10.0. The number of benzene rings is 1. The number of nitrogens with one attached hydrogen (secondary N) is 2. The third-order valence-electron chi connectivity index (χ3n) is 3.92. The molecule has 0 spiro atoms. The van der Waals surface area contributed by atoms with Crippen LogP contribution in [0.5, 0.6) is 0 Å². The third-order valence-corrected chi connectivity index (χ3v) is 3.92. The molecule has 0 saturated heterocycles. The molecule has 0 saturated carbocycles. The van der Waals surface area contributed by atoms with Gasteiger partial charge in [0.1, 0.15) is 5.56 Å². The number of carbonyl (C=O) groups is 2. The van der Waals surface area contributed by atoms with Gasteiger partial charge >= 0.3 is 0 Å². The molecule has 2 rings (SSSR count). The first kappa shape index (κ1) is 21.1. The highest BCUT2D eigenvalue weighted by atomic mass is 16.5. The Labute approximate surface area is 163 Å². The monoisotopic (exact) mass is 386 g/mol. The third kappa shape index (κ3) is 5.65. The van der Waals surface area contributed by atoms with E-state index in [-0.39, 0.29) is 29.3 Å². The van der Waals surface area contributed by atoms with E-state index in [0.29, 0.717) is 23.7 Å². The molecule has 1 unspecified atom stereocenters. The van der Waals surface area contributed by atoms with Crippen LogP contribution in [0.2, 0.25) is 0 Å². The molecule has 2 amide bonds. The highest BCUT2D eigenvalue weighted by Crippen LogP contribution is 2.24. The summed E-state index contributed by atoms with van der Waals surface area (Å²) in [5, 5.41) is 17.2. The zero-order valence-corrected chi connectivity index (χ0v) is 16.4. The largest absolute Gasteiger partial charge is 0.365 e. The van der Waals surface area contributed by atoms with Crippen LogP contribution < -0.4 is 21.4 Å². The topological polar surface area (TPSA) is 133 Å². The summed E-state index contributed by atoms with van der Waals surface area (Å²) in [6.07, 6.45) is 1.97. The predicted octanol–water partition coefficient (Wildman–Crippen LogP) is 2.91. The number of rotatable bonds is 8. The normalized spacial score (nSPS) is 11.8. The average Bonchev–Trinajstić information content (AvgIpc) is 2.60. The maximum atomic E-state index is 11.7. The van der Waals surface area contributed by atoms with E-state index in [1.807, 2.05) is 20.8 Å². The van der Waals surface area contributed by atoms with Crippen molar-refractivity contribution in [1.82, 2.24) is 9.97 Å². The summed E-state index contributed by atoms with van der Waals surface area (Å²) in [7, 11) is 0. The fourth-order valence-electron chi connectivity index (χ4n) is 2.78. The van der Waals surface area contributed by atoms with E-state index >= 15 is 0 Å². The van der Waals surface area contributed by atoms with E-state index in [9.17, 15) is 14.8 Å². The van der Waals surface area contributed by atoms with E-state index in [2.05, 4.69) is 20.6 Å². The first-order valence-corrected chi connectivity index (χ1v) is 8.97. The molecule has 9 heteroatoms. The van der Waals surface area contributed by atoms with Gasteiger partial charge in [0.05, 0.1) is 6.04 Å². The minimum atomic E-state index is -0.731. The first-order valence-electron chi connectivity index (χ1n) is 8.97. The van der Waals surface area contributed by atoms with Gasteiger partial charge in [-0.15, -0.1) is 0 Å². The lowest BCUT2D eigenvalue weighted by molar-refractivity contribution is -0.114. The first-order chi connectivity index (χ1) is 13.2. The van der Waals surface area contributed by atoms with Crippen LogP contribution in [0.4, 0.5) is 23.1 Å². The average molecular weight is 386 g/mol. The van der Waals surface area contributed by atoms with E-state index in [1.54, 1.807) is 24.3 Å². The Hall–Kier alpha value is -3.20. The fraction of sp³-hybridized carbons (Fsp3) is 0.368. The molecule has 28 heavy (non-hydrogen) atoms. The Bertz CT molecular complexity index is 855. The lowest BCUT2D eigenvalue weighted by Crippen LogP contribution is -2.33. The zero-order valence-electron chi connectivity index (χ0n) is 16.4. The molecule has 9 nitrogen and oxygen atoms in total. The van der Waals surface area contributed by atoms with Gasteiger partial charge in [0.15, 0.2) is 5.82 Å². The van der Waals surface area contributed by atoms with E-state index < -0.39 is 5.91 Å². The number of primary amides is 1. The maximum Gasteiger partial charge on any atom is 0.254 e. The molecule has 1 heterocycles. The highest BCUT2D eigenvalue weighted by molar-refractivity contribution is 5.97. The van der Waals surface area contributed by atoms with Crippen LogP contribution in [0.25, 0.3) is 0 Å². The number of hydroxylamine groups is 1. The predicted molar refractivity (Wildman–Crippen MR) is 108 cm³/mol. The van der Waals surface area contributed by atoms with Crippen molar-refractivity contribution >= 4 is 35.0 Å². The summed E-state index contributed by atoms with van der Waals surface area (Å²) >= 11 is 0. The highest BCUT2D eigenvalue weighted by Gasteiger charge is 2.22. The number of nitrogens with zero attached hydrogens (tertiary/aromatic N) is 3. The van der Waals surface area contributed by atoms with Gasteiger partial charge in [0.2, 0.25) is 11.9 Å². The number of nitrogens with two attached hydrogens (primary N) is 1. The maximum absolute atomic E-state index is 11.7. The van der Waals surface area contributed by atoms with Gasteiger partial charge in [0, 0.05) is 24.5 Å². The van der Waals surface area contributed by atoms with Gasteiger partial charge in [0.25, 0.3) is 5.91 Å². The molecule has 0 bridgehead atoms. The number of anilines is 4. The van der Waals surface area contributed by atoms with Crippen LogP contribution in [-0.4, -0.2) is 33.0 Å². The molecular weight excluding hydrogens is 360 g/mol. The SMILES string of the molecule is CC(=O)Nc1cccc(Nc2ncc(C(N)=O)c(N(O)C(C)CC(C)C)n2)c1. The van der Waals surface area contributed by atoms with Gasteiger partial charge in [-0.1, -0.05) is 19.9 Å². The molecular formula is C19H26N6O3. The molecule has 0 radical (unpaired) electrons. The van der Waals surface area contributed by atoms with Gasteiger partial charge in [-0.2, -0.15) is 4.98 Å². The van der Waals surface area contributed by atoms with E-state index in [4.69, 9.17) is 5.73 Å². The molecule has 2 aromatic rings. The van der Waals surface area contributed by atoms with E-state index in [1.165, 1.54) is 13.1 Å². The molecule has 5 N–H and O–H groups in total. The second kappa shape index (κ2) is 9.14. The van der Waals surface area contributed by atoms with Crippen molar-refractivity contribution in [3.8, 4) is 0 Å². The second-order valence-electron chi connectivity index (χ2n) is 7.01. The Morgan fingerprint density at radius 2 is 1.93 bits per heavy atom. The summed E-state index contributed by atoms with van der Waals surface area (Å²) in [4.78, 5) is 31.3. The van der Waals surface area contributed by atoms with Crippen molar-refractivity contribution < 1.29 is 14.8 Å². The molecule has 1 atom stereocenters. The van der Waals surface area contributed by atoms with Gasteiger partial charge in [-0.25, -0.2) is 10.0 Å². The molecule has 0 aliphatic rings. The van der Waals surface area contributed by atoms with Gasteiger partial charge in [-0.05, 0) is 37.5 Å². The Balaban J connectivity index is 2.31. The van der Waals surface area contributed by atoms with Crippen LogP contribution in [0, 0.1) is 5.92 Å². The van der Waals surface area contributed by atoms with Crippen LogP contribution in [-0.2, 0) is 4.79 Å². The molecule has 0 aliphatic carbocycles. The van der Waals surface area contributed by atoms with Gasteiger partial charge in [-0.3, -0.25) is 14.8 Å². The van der Waals surface area contributed by atoms with Crippen LogP contribution in [0.1, 0.15) is 44.5 Å². The van der Waals surface area contributed by atoms with Crippen molar-refractivity contribution in [2.45, 2.75) is 40.2 Å². The summed E-state index contributed by atoms with van der Waals surface area (Å²) in [6, 6.07) is 6.72. The summed E-state index contributed by atoms with van der Waals surface area (Å²) < 4.78 is 0. The number of amides is 2. The number of aromatic nitrogens is 2. The molecule has 0 aliphatic heterocycles. The molecule has 1 aromatic heterocycles. The van der Waals surface area contributed by atoms with Gasteiger partial charge < -0.3 is 16.4 Å². The zero-order chi connectivity index (χ0) is 20.8. The Kier molecular flexibility index (Phi) is 6.89. The second-order valence-corrected chi connectivity index (χ2v) is 7.01. The van der Waals surface area contributed by atoms with Crippen molar-refractivity contribution in [2.24, 2.45) is 11.7 Å². The smallest absolute Gasteiger partial charge is 0.254 e. The minimum absolute atomic E-state index is 0.0238. The quantitative estimate of drug-likeness (QED) is 0.513. The van der Waals surface area contributed by atoms with Crippen molar-refractivity contribution in [3.05, 3.63) is 36.0 Å². The number of carbonyl (C=O) groups excluding carboxylic acids is 2. The minimum Gasteiger partial charge on any atom is -0.365 e. The van der Waals surface area contributed by atoms with E-state index in [0.717, 1.165) is 5.06 Å². The summed E-state index contributed by atoms with van der Waals surface area (Å²) in [6.45, 7) is 7.33. The van der Waals surface area contributed by atoms with Crippen LogP contribution >= 0.6 is 0 Å². The van der Waals surface area contributed by atoms with Crippen molar-refractivity contribution in [2.75, 3.05) is 15.7 Å². The van der Waals surface area contributed by atoms with Crippen LogP contribution in [0.3, 0.4) is 0 Å². The Morgan fingerprint density at radius 3 is 2.54 bits per heavy atom. The standard InChI is InChI=1S/C19H26N6O3/c1-11(2)8-12(3)25(28)18-16(17(20)27)10-21-19(24-18)23-15-7-5-6-14(9-15)22-13(4)26/h5-7,9-12,28H,8H2,1-4H3,(H2,20,27)(H,22,26)(H,21,23,24). The lowest BCUT2D eigenvalue weighted by Gasteiger charge is -2.26. The molecule has 1 aromatic carbocycles. The Morgan fingerprint density at radius 1 is 1.25 bits per heavy atom. The summed E-state index contributed by atoms with van der Waals surface area (Å²) in [5.74, 6) is -0.355. The van der Waals surface area contributed by atoms with Crippen LogP contribution in [0.15, 0.2) is 30.5 Å². The number of hydrogen-bond acceptors (Lipinski definition) is 7. The summed E-state index contributed by atoms with van der Waals surface area (Å²) in [5.41, 5.74) is 6.67. The molecule has 0 fully saturated rings. The fourth-order valence-corrected chi connectivity index (χ4v) is 2.78. The van der Waals surface area contributed by atoms with Crippen molar-refractivity contribution in [1.29, 1.82) is 0 Å². The van der Waals surface area contributed by atoms with Crippen molar-refractivity contribution in [3.63, 3.8) is 0 Å².